The maximum Gasteiger partial charge on any atom is 0.226 e. The minimum Gasteiger partial charge on any atom is -0.342 e. The van der Waals surface area contributed by atoms with E-state index in [1.165, 1.54) is 41.0 Å². The highest BCUT2D eigenvalue weighted by molar-refractivity contribution is 7.99. The number of carbonyl (C=O) groups is 1. The smallest absolute Gasteiger partial charge is 0.226 e. The lowest BCUT2D eigenvalue weighted by Crippen LogP contribution is -2.39. The number of amides is 1. The molecule has 1 unspecified atom stereocenters. The van der Waals surface area contributed by atoms with Gasteiger partial charge in [-0.25, -0.2) is 0 Å². The molecule has 0 saturated carbocycles. The fraction of sp³-hybridized carbons (Fsp3) is 0.588. The van der Waals surface area contributed by atoms with Crippen molar-refractivity contribution >= 4 is 17.7 Å². The molecule has 2 heterocycles. The van der Waals surface area contributed by atoms with Crippen molar-refractivity contribution in [3.05, 3.63) is 29.3 Å². The monoisotopic (exact) mass is 289 g/mol. The summed E-state index contributed by atoms with van der Waals surface area (Å²) in [6, 6.07) is 6.61. The zero-order valence-electron chi connectivity index (χ0n) is 12.2. The van der Waals surface area contributed by atoms with Gasteiger partial charge in [0.2, 0.25) is 5.91 Å². The molecule has 0 spiro atoms. The highest BCUT2D eigenvalue weighted by Gasteiger charge is 2.21. The van der Waals surface area contributed by atoms with Crippen LogP contribution in [-0.4, -0.2) is 29.6 Å². The number of fused-ring (bicyclic) bond motifs is 1. The van der Waals surface area contributed by atoms with E-state index < -0.39 is 0 Å². The highest BCUT2D eigenvalue weighted by Crippen LogP contribution is 2.30. The van der Waals surface area contributed by atoms with Crippen LogP contribution in [0.5, 0.6) is 0 Å². The molecule has 20 heavy (non-hydrogen) atoms. The normalized spacial score (nSPS) is 22.4. The summed E-state index contributed by atoms with van der Waals surface area (Å²) in [6.45, 7) is 4.14. The molecule has 1 amide bonds. The molecule has 3 rings (SSSR count). The van der Waals surface area contributed by atoms with Gasteiger partial charge in [-0.3, -0.25) is 4.79 Å². The number of aryl methyl sites for hydroxylation is 1. The summed E-state index contributed by atoms with van der Waals surface area (Å²) in [5, 5.41) is 0. The average molecular weight is 289 g/mol. The molecule has 1 aromatic rings. The Bertz CT molecular complexity index is 500. The van der Waals surface area contributed by atoms with Crippen molar-refractivity contribution in [3.63, 3.8) is 0 Å². The summed E-state index contributed by atoms with van der Waals surface area (Å²) in [6.07, 6.45) is 5.43. The molecule has 108 valence electrons. The molecular weight excluding hydrogens is 266 g/mol. The van der Waals surface area contributed by atoms with E-state index in [1.54, 1.807) is 0 Å². The maximum atomic E-state index is 12.4. The van der Waals surface area contributed by atoms with E-state index in [4.69, 9.17) is 0 Å². The second-order valence-corrected chi connectivity index (χ2v) is 7.29. The first-order valence-electron chi connectivity index (χ1n) is 7.75. The van der Waals surface area contributed by atoms with Gasteiger partial charge in [-0.1, -0.05) is 19.1 Å². The lowest BCUT2D eigenvalue weighted by Gasteiger charge is -2.31. The largest absolute Gasteiger partial charge is 0.342 e. The van der Waals surface area contributed by atoms with Gasteiger partial charge in [0.05, 0.1) is 6.42 Å². The molecule has 1 saturated heterocycles. The first kappa shape index (κ1) is 14.0. The van der Waals surface area contributed by atoms with Gasteiger partial charge in [-0.05, 0) is 54.5 Å². The maximum absolute atomic E-state index is 12.4. The second-order valence-electron chi connectivity index (χ2n) is 6.16. The van der Waals surface area contributed by atoms with Crippen LogP contribution < -0.4 is 0 Å². The van der Waals surface area contributed by atoms with Crippen molar-refractivity contribution in [1.82, 2.24) is 4.90 Å². The number of carbonyl (C=O) groups excluding carboxylic acids is 1. The SMILES string of the molecule is CC1CCCN(C(=O)Cc2ccc3c(c2)CCCS3)C1. The van der Waals surface area contributed by atoms with Gasteiger partial charge in [0.25, 0.3) is 0 Å². The van der Waals surface area contributed by atoms with Crippen LogP contribution in [-0.2, 0) is 17.6 Å². The number of benzene rings is 1. The van der Waals surface area contributed by atoms with Crippen molar-refractivity contribution in [1.29, 1.82) is 0 Å². The summed E-state index contributed by atoms with van der Waals surface area (Å²) >= 11 is 1.95. The Balaban J connectivity index is 1.66. The molecule has 2 aliphatic heterocycles. The van der Waals surface area contributed by atoms with Gasteiger partial charge in [-0.15, -0.1) is 11.8 Å². The predicted octanol–water partition coefficient (Wildman–Crippen LogP) is 3.53. The Labute approximate surface area is 125 Å². The van der Waals surface area contributed by atoms with Crippen LogP contribution in [0.25, 0.3) is 0 Å². The highest BCUT2D eigenvalue weighted by atomic mass is 32.2. The Morgan fingerprint density at radius 2 is 2.30 bits per heavy atom. The molecule has 1 aromatic carbocycles. The van der Waals surface area contributed by atoms with Crippen molar-refractivity contribution in [2.24, 2.45) is 5.92 Å². The van der Waals surface area contributed by atoms with Crippen molar-refractivity contribution < 1.29 is 4.79 Å². The first-order valence-corrected chi connectivity index (χ1v) is 8.73. The van der Waals surface area contributed by atoms with Gasteiger partial charge < -0.3 is 4.90 Å². The van der Waals surface area contributed by atoms with Crippen LogP contribution in [0, 0.1) is 5.92 Å². The van der Waals surface area contributed by atoms with Crippen LogP contribution in [0.15, 0.2) is 23.1 Å². The molecule has 1 fully saturated rings. The zero-order chi connectivity index (χ0) is 13.9. The number of likely N-dealkylation sites (tertiary alicyclic amines) is 1. The first-order chi connectivity index (χ1) is 9.72. The van der Waals surface area contributed by atoms with Crippen LogP contribution >= 0.6 is 11.8 Å². The van der Waals surface area contributed by atoms with Crippen molar-refractivity contribution in [2.75, 3.05) is 18.8 Å². The Hall–Kier alpha value is -0.960. The molecule has 0 aromatic heterocycles. The molecule has 2 nitrogen and oxygen atoms in total. The molecule has 3 heteroatoms. The zero-order valence-corrected chi connectivity index (χ0v) is 13.0. The second kappa shape index (κ2) is 6.21. The molecule has 2 aliphatic rings. The topological polar surface area (TPSA) is 20.3 Å². The quantitative estimate of drug-likeness (QED) is 0.830. The van der Waals surface area contributed by atoms with Gasteiger partial charge in [0.15, 0.2) is 0 Å². The van der Waals surface area contributed by atoms with E-state index in [1.807, 2.05) is 11.8 Å². The molecule has 0 bridgehead atoms. The van der Waals surface area contributed by atoms with Crippen LogP contribution in [0.1, 0.15) is 37.3 Å². The lowest BCUT2D eigenvalue weighted by atomic mass is 9.99. The van der Waals surface area contributed by atoms with Gasteiger partial charge in [-0.2, -0.15) is 0 Å². The number of piperidine rings is 1. The summed E-state index contributed by atoms with van der Waals surface area (Å²) in [7, 11) is 0. The summed E-state index contributed by atoms with van der Waals surface area (Å²) in [5.74, 6) is 2.20. The van der Waals surface area contributed by atoms with Crippen molar-refractivity contribution in [3.8, 4) is 0 Å². The molecular formula is C17H23NOS. The third-order valence-electron chi connectivity index (χ3n) is 4.34. The van der Waals surface area contributed by atoms with E-state index in [0.717, 1.165) is 19.5 Å². The Morgan fingerprint density at radius 1 is 1.40 bits per heavy atom. The Kier molecular flexibility index (Phi) is 4.35. The van der Waals surface area contributed by atoms with Crippen LogP contribution in [0.4, 0.5) is 0 Å². The van der Waals surface area contributed by atoms with E-state index in [9.17, 15) is 4.79 Å². The number of hydrogen-bond donors (Lipinski definition) is 0. The van der Waals surface area contributed by atoms with Crippen molar-refractivity contribution in [2.45, 2.75) is 43.9 Å². The Morgan fingerprint density at radius 3 is 3.15 bits per heavy atom. The van der Waals surface area contributed by atoms with E-state index in [2.05, 4.69) is 30.0 Å². The fourth-order valence-electron chi connectivity index (χ4n) is 3.23. The number of rotatable bonds is 2. The minimum absolute atomic E-state index is 0.306. The molecule has 0 aliphatic carbocycles. The molecule has 0 N–H and O–H groups in total. The van der Waals surface area contributed by atoms with Gasteiger partial charge in [0, 0.05) is 18.0 Å². The number of nitrogens with zero attached hydrogens (tertiary/aromatic N) is 1. The molecule has 0 radical (unpaired) electrons. The standard InChI is InChI=1S/C17H23NOS/c1-13-4-2-8-18(12-13)17(19)11-14-6-7-16-15(10-14)5-3-9-20-16/h6-7,10,13H,2-5,8-9,11-12H2,1H3. The van der Waals surface area contributed by atoms with E-state index in [0.29, 0.717) is 18.2 Å². The molecule has 1 atom stereocenters. The number of hydrogen-bond acceptors (Lipinski definition) is 2. The van der Waals surface area contributed by atoms with Gasteiger partial charge >= 0.3 is 0 Å². The lowest BCUT2D eigenvalue weighted by molar-refractivity contribution is -0.132. The van der Waals surface area contributed by atoms with Crippen LogP contribution in [0.3, 0.4) is 0 Å². The number of thioether (sulfide) groups is 1. The van der Waals surface area contributed by atoms with Crippen LogP contribution in [0.2, 0.25) is 0 Å². The van der Waals surface area contributed by atoms with E-state index in [-0.39, 0.29) is 0 Å². The third-order valence-corrected chi connectivity index (χ3v) is 5.54. The minimum atomic E-state index is 0.306. The average Bonchev–Trinajstić information content (AvgIpc) is 2.47. The van der Waals surface area contributed by atoms with E-state index >= 15 is 0 Å². The predicted molar refractivity (Wildman–Crippen MR) is 84.2 cm³/mol. The summed E-state index contributed by atoms with van der Waals surface area (Å²) < 4.78 is 0. The summed E-state index contributed by atoms with van der Waals surface area (Å²) in [4.78, 5) is 15.9. The third kappa shape index (κ3) is 3.20. The summed E-state index contributed by atoms with van der Waals surface area (Å²) in [5.41, 5.74) is 2.63. The fourth-order valence-corrected chi connectivity index (χ4v) is 4.25. The van der Waals surface area contributed by atoms with Gasteiger partial charge in [0.1, 0.15) is 0 Å².